The van der Waals surface area contributed by atoms with Crippen LogP contribution < -0.4 is 0 Å². The molecule has 6 heteroatoms. The highest BCUT2D eigenvalue weighted by atomic mass is 32.2. The number of carbonyl (C=O) groups is 1. The fraction of sp³-hybridized carbons (Fsp3) is 0.333. The van der Waals surface area contributed by atoms with Crippen LogP contribution in [-0.4, -0.2) is 57.2 Å². The molecule has 2 heterocycles. The Balaban J connectivity index is 1.32. The molecule has 0 atom stereocenters. The summed E-state index contributed by atoms with van der Waals surface area (Å²) in [6.45, 7) is 6.61. The second-order valence-corrected chi connectivity index (χ2v) is 8.59. The van der Waals surface area contributed by atoms with Gasteiger partial charge >= 0.3 is 0 Å². The van der Waals surface area contributed by atoms with E-state index in [0.717, 1.165) is 50.0 Å². The van der Waals surface area contributed by atoms with Gasteiger partial charge in [0.2, 0.25) is 5.91 Å². The standard InChI is InChI=1S/C24H28N4OS/c1-20-8-5-6-11-22(20)28-15-12-25-24(28)30-19-23(29)27-14-7-13-26(16-17-27)18-21-9-3-2-4-10-21/h2-6,8-12,15H,7,13-14,16-19H2,1H3. The molecule has 4 rings (SSSR count). The average molecular weight is 421 g/mol. The lowest BCUT2D eigenvalue weighted by Gasteiger charge is -2.22. The van der Waals surface area contributed by atoms with E-state index < -0.39 is 0 Å². The minimum Gasteiger partial charge on any atom is -0.341 e. The number of imidazole rings is 1. The monoisotopic (exact) mass is 420 g/mol. The molecule has 0 bridgehead atoms. The molecule has 2 aromatic carbocycles. The van der Waals surface area contributed by atoms with Crippen molar-refractivity contribution in [2.24, 2.45) is 0 Å². The number of aromatic nitrogens is 2. The van der Waals surface area contributed by atoms with Gasteiger partial charge in [0.1, 0.15) is 0 Å². The zero-order valence-corrected chi connectivity index (χ0v) is 18.2. The Hall–Kier alpha value is -2.57. The van der Waals surface area contributed by atoms with Crippen molar-refractivity contribution < 1.29 is 4.79 Å². The predicted octanol–water partition coefficient (Wildman–Crippen LogP) is 4.01. The first-order valence-corrected chi connectivity index (χ1v) is 11.5. The number of aryl methyl sites for hydroxylation is 1. The van der Waals surface area contributed by atoms with Crippen molar-refractivity contribution in [3.05, 3.63) is 78.1 Å². The van der Waals surface area contributed by atoms with Gasteiger partial charge in [-0.3, -0.25) is 14.3 Å². The van der Waals surface area contributed by atoms with E-state index in [9.17, 15) is 4.79 Å². The molecule has 156 valence electrons. The molecule has 0 aliphatic carbocycles. The minimum atomic E-state index is 0.195. The Morgan fingerprint density at radius 2 is 1.80 bits per heavy atom. The lowest BCUT2D eigenvalue weighted by Crippen LogP contribution is -2.36. The van der Waals surface area contributed by atoms with Gasteiger partial charge < -0.3 is 4.90 Å². The summed E-state index contributed by atoms with van der Waals surface area (Å²) in [4.78, 5) is 21.8. The molecule has 1 fully saturated rings. The second kappa shape index (κ2) is 9.96. The fourth-order valence-electron chi connectivity index (χ4n) is 3.85. The lowest BCUT2D eigenvalue weighted by molar-refractivity contribution is -0.128. The van der Waals surface area contributed by atoms with Crippen molar-refractivity contribution >= 4 is 17.7 Å². The molecule has 1 saturated heterocycles. The molecule has 1 aromatic heterocycles. The number of amides is 1. The molecule has 1 aliphatic heterocycles. The summed E-state index contributed by atoms with van der Waals surface area (Å²) in [7, 11) is 0. The molecule has 5 nitrogen and oxygen atoms in total. The van der Waals surface area contributed by atoms with Gasteiger partial charge in [-0.1, -0.05) is 60.3 Å². The molecule has 30 heavy (non-hydrogen) atoms. The van der Waals surface area contributed by atoms with Crippen molar-refractivity contribution in [3.8, 4) is 5.69 Å². The Morgan fingerprint density at radius 1 is 1.00 bits per heavy atom. The van der Waals surface area contributed by atoms with Crippen LogP contribution in [0.25, 0.3) is 5.69 Å². The topological polar surface area (TPSA) is 41.4 Å². The highest BCUT2D eigenvalue weighted by Crippen LogP contribution is 2.23. The van der Waals surface area contributed by atoms with Gasteiger partial charge in [-0.25, -0.2) is 4.98 Å². The molecule has 3 aromatic rings. The number of hydrogen-bond acceptors (Lipinski definition) is 4. The summed E-state index contributed by atoms with van der Waals surface area (Å²) in [5.41, 5.74) is 3.63. The molecule has 1 amide bonds. The van der Waals surface area contributed by atoms with Crippen molar-refractivity contribution in [2.45, 2.75) is 25.0 Å². The number of hydrogen-bond donors (Lipinski definition) is 0. The van der Waals surface area contributed by atoms with E-state index in [4.69, 9.17) is 0 Å². The third-order valence-corrected chi connectivity index (χ3v) is 6.45. The van der Waals surface area contributed by atoms with Gasteiger partial charge in [-0.2, -0.15) is 0 Å². The first-order chi connectivity index (χ1) is 14.7. The normalized spacial score (nSPS) is 15.2. The van der Waals surface area contributed by atoms with Crippen molar-refractivity contribution in [1.82, 2.24) is 19.4 Å². The van der Waals surface area contributed by atoms with E-state index in [1.54, 1.807) is 6.20 Å². The van der Waals surface area contributed by atoms with Crippen LogP contribution in [-0.2, 0) is 11.3 Å². The number of benzene rings is 2. The average Bonchev–Trinajstić information content (AvgIpc) is 3.11. The summed E-state index contributed by atoms with van der Waals surface area (Å²) >= 11 is 1.52. The fourth-order valence-corrected chi connectivity index (χ4v) is 4.72. The van der Waals surface area contributed by atoms with E-state index in [2.05, 4.69) is 57.8 Å². The quantitative estimate of drug-likeness (QED) is 0.565. The van der Waals surface area contributed by atoms with Crippen LogP contribution in [0, 0.1) is 6.92 Å². The lowest BCUT2D eigenvalue weighted by atomic mass is 10.2. The zero-order chi connectivity index (χ0) is 20.8. The third-order valence-electron chi connectivity index (χ3n) is 5.50. The Labute approximate surface area is 182 Å². The highest BCUT2D eigenvalue weighted by molar-refractivity contribution is 7.99. The molecular formula is C24H28N4OS. The Morgan fingerprint density at radius 3 is 2.63 bits per heavy atom. The summed E-state index contributed by atoms with van der Waals surface area (Å²) in [5.74, 6) is 0.614. The Bertz CT molecular complexity index is 972. The van der Waals surface area contributed by atoms with E-state index in [-0.39, 0.29) is 5.91 Å². The van der Waals surface area contributed by atoms with Gasteiger partial charge in [0.25, 0.3) is 0 Å². The molecule has 0 radical (unpaired) electrons. The van der Waals surface area contributed by atoms with Crippen molar-refractivity contribution in [2.75, 3.05) is 31.9 Å². The minimum absolute atomic E-state index is 0.195. The maximum atomic E-state index is 12.9. The van der Waals surface area contributed by atoms with E-state index in [0.29, 0.717) is 5.75 Å². The summed E-state index contributed by atoms with van der Waals surface area (Å²) in [5, 5.41) is 0.859. The first-order valence-electron chi connectivity index (χ1n) is 10.5. The van der Waals surface area contributed by atoms with Crippen LogP contribution in [0.15, 0.2) is 72.1 Å². The van der Waals surface area contributed by atoms with Crippen molar-refractivity contribution in [1.29, 1.82) is 0 Å². The largest absolute Gasteiger partial charge is 0.341 e. The van der Waals surface area contributed by atoms with E-state index in [1.807, 2.05) is 29.3 Å². The summed E-state index contributed by atoms with van der Waals surface area (Å²) < 4.78 is 2.07. The van der Waals surface area contributed by atoms with Crippen LogP contribution in [0.5, 0.6) is 0 Å². The number of rotatable bonds is 6. The maximum absolute atomic E-state index is 12.9. The molecule has 0 unspecified atom stereocenters. The number of nitrogens with zero attached hydrogens (tertiary/aromatic N) is 4. The number of carbonyl (C=O) groups excluding carboxylic acids is 1. The van der Waals surface area contributed by atoms with Gasteiger partial charge in [0.15, 0.2) is 5.16 Å². The van der Waals surface area contributed by atoms with E-state index in [1.165, 1.54) is 22.9 Å². The first kappa shape index (κ1) is 20.7. The Kier molecular flexibility index (Phi) is 6.87. The molecule has 0 spiro atoms. The van der Waals surface area contributed by atoms with Gasteiger partial charge in [0, 0.05) is 45.1 Å². The molecule has 0 N–H and O–H groups in total. The molecule has 0 saturated carbocycles. The van der Waals surface area contributed by atoms with E-state index >= 15 is 0 Å². The number of thioether (sulfide) groups is 1. The third kappa shape index (κ3) is 5.12. The van der Waals surface area contributed by atoms with Gasteiger partial charge in [-0.15, -0.1) is 0 Å². The SMILES string of the molecule is Cc1ccccc1-n1ccnc1SCC(=O)N1CCCN(Cc2ccccc2)CC1. The van der Waals surface area contributed by atoms with Crippen LogP contribution in [0.4, 0.5) is 0 Å². The number of para-hydroxylation sites is 1. The van der Waals surface area contributed by atoms with Crippen LogP contribution in [0.2, 0.25) is 0 Å². The van der Waals surface area contributed by atoms with Gasteiger partial charge in [0.05, 0.1) is 11.4 Å². The van der Waals surface area contributed by atoms with Crippen LogP contribution in [0.1, 0.15) is 17.5 Å². The smallest absolute Gasteiger partial charge is 0.233 e. The molecule has 1 aliphatic rings. The maximum Gasteiger partial charge on any atom is 0.233 e. The van der Waals surface area contributed by atoms with Gasteiger partial charge in [-0.05, 0) is 30.5 Å². The summed E-state index contributed by atoms with van der Waals surface area (Å²) in [6, 6.07) is 18.8. The second-order valence-electron chi connectivity index (χ2n) is 7.65. The molecular weight excluding hydrogens is 392 g/mol. The van der Waals surface area contributed by atoms with Crippen LogP contribution >= 0.6 is 11.8 Å². The van der Waals surface area contributed by atoms with Crippen LogP contribution in [0.3, 0.4) is 0 Å². The predicted molar refractivity (Wildman–Crippen MR) is 122 cm³/mol. The summed E-state index contributed by atoms with van der Waals surface area (Å²) in [6.07, 6.45) is 4.77. The zero-order valence-electron chi connectivity index (χ0n) is 17.4. The highest BCUT2D eigenvalue weighted by Gasteiger charge is 2.20. The van der Waals surface area contributed by atoms with Crippen molar-refractivity contribution in [3.63, 3.8) is 0 Å².